The number of thiazole rings is 1. The van der Waals surface area contributed by atoms with Gasteiger partial charge in [-0.3, -0.25) is 9.78 Å². The summed E-state index contributed by atoms with van der Waals surface area (Å²) in [7, 11) is 0. The number of benzene rings is 3. The molecule has 4 N–H and O–H groups in total. The molecule has 2 heterocycles. The normalized spacial score (nSPS) is 11.1. The van der Waals surface area contributed by atoms with Crippen LogP contribution in [0.1, 0.15) is 16.8 Å². The molecule has 0 fully saturated rings. The summed E-state index contributed by atoms with van der Waals surface area (Å²) in [5.41, 5.74) is 13.9. The van der Waals surface area contributed by atoms with Crippen LogP contribution in [0.3, 0.4) is 0 Å². The number of fused-ring (bicyclic) bond motifs is 2. The van der Waals surface area contributed by atoms with E-state index >= 15 is 0 Å². The van der Waals surface area contributed by atoms with Crippen LogP contribution < -0.4 is 16.4 Å². The van der Waals surface area contributed by atoms with E-state index < -0.39 is 0 Å². The number of pyridine rings is 1. The van der Waals surface area contributed by atoms with E-state index in [1.807, 2.05) is 42.0 Å². The standard InChI is InChI=1S/C26H23N5OS/c27-11-1-12-29-26(32)18-4-2-17(3-5-18)19-6-8-21-22(10-13-28-23(21)14-19)31-20-7-9-25-24(15-20)30-16-33-25/h2-10,13-16H,1,11-12,27H2,(H,28,31)(H,29,32). The van der Waals surface area contributed by atoms with Crippen LogP contribution in [0.5, 0.6) is 0 Å². The molecular weight excluding hydrogens is 430 g/mol. The van der Waals surface area contributed by atoms with Crippen molar-refractivity contribution in [3.8, 4) is 11.1 Å². The van der Waals surface area contributed by atoms with Crippen LogP contribution in [0.25, 0.3) is 32.2 Å². The highest BCUT2D eigenvalue weighted by atomic mass is 32.1. The minimum Gasteiger partial charge on any atom is -0.355 e. The van der Waals surface area contributed by atoms with Crippen molar-refractivity contribution < 1.29 is 4.79 Å². The van der Waals surface area contributed by atoms with Crippen molar-refractivity contribution in [2.45, 2.75) is 6.42 Å². The Hall–Kier alpha value is -3.81. The first-order valence-corrected chi connectivity index (χ1v) is 11.7. The first-order valence-electron chi connectivity index (χ1n) is 10.8. The number of hydrogen-bond donors (Lipinski definition) is 3. The van der Waals surface area contributed by atoms with Crippen LogP contribution in [0.2, 0.25) is 0 Å². The Balaban J connectivity index is 1.38. The summed E-state index contributed by atoms with van der Waals surface area (Å²) < 4.78 is 1.17. The zero-order valence-electron chi connectivity index (χ0n) is 17.9. The summed E-state index contributed by atoms with van der Waals surface area (Å²) in [6, 6.07) is 22.0. The fourth-order valence-corrected chi connectivity index (χ4v) is 4.41. The van der Waals surface area contributed by atoms with Crippen molar-refractivity contribution in [2.75, 3.05) is 18.4 Å². The van der Waals surface area contributed by atoms with E-state index in [9.17, 15) is 4.79 Å². The maximum atomic E-state index is 12.2. The molecule has 5 aromatic rings. The molecule has 0 spiro atoms. The lowest BCUT2D eigenvalue weighted by Crippen LogP contribution is -2.25. The smallest absolute Gasteiger partial charge is 0.251 e. The van der Waals surface area contributed by atoms with Gasteiger partial charge < -0.3 is 16.4 Å². The Labute approximate surface area is 195 Å². The first kappa shape index (κ1) is 21.1. The molecule has 1 amide bonds. The molecule has 7 heteroatoms. The summed E-state index contributed by atoms with van der Waals surface area (Å²) in [5, 5.41) is 7.42. The van der Waals surface area contributed by atoms with Crippen molar-refractivity contribution in [3.05, 3.63) is 84.0 Å². The summed E-state index contributed by atoms with van der Waals surface area (Å²) in [6.07, 6.45) is 2.58. The van der Waals surface area contributed by atoms with Gasteiger partial charge in [0.15, 0.2) is 0 Å². The maximum absolute atomic E-state index is 12.2. The third-order valence-electron chi connectivity index (χ3n) is 5.50. The number of rotatable bonds is 7. The number of nitrogens with one attached hydrogen (secondary N) is 2. The Morgan fingerprint density at radius 1 is 0.909 bits per heavy atom. The minimum atomic E-state index is -0.0817. The van der Waals surface area contributed by atoms with Crippen LogP contribution in [0, 0.1) is 0 Å². The molecule has 5 rings (SSSR count). The lowest BCUT2D eigenvalue weighted by molar-refractivity contribution is 0.0953. The number of anilines is 2. The van der Waals surface area contributed by atoms with E-state index in [-0.39, 0.29) is 5.91 Å². The third kappa shape index (κ3) is 4.55. The van der Waals surface area contributed by atoms with Crippen molar-refractivity contribution in [1.82, 2.24) is 15.3 Å². The van der Waals surface area contributed by atoms with E-state index in [0.29, 0.717) is 18.7 Å². The lowest BCUT2D eigenvalue weighted by Gasteiger charge is -2.11. The summed E-state index contributed by atoms with van der Waals surface area (Å²) in [5.74, 6) is -0.0817. The molecule has 0 saturated carbocycles. The van der Waals surface area contributed by atoms with E-state index in [1.165, 1.54) is 4.70 Å². The summed E-state index contributed by atoms with van der Waals surface area (Å²) >= 11 is 1.64. The number of aromatic nitrogens is 2. The van der Waals surface area contributed by atoms with E-state index in [0.717, 1.165) is 45.3 Å². The monoisotopic (exact) mass is 453 g/mol. The van der Waals surface area contributed by atoms with Gasteiger partial charge in [-0.1, -0.05) is 24.3 Å². The fourth-order valence-electron chi connectivity index (χ4n) is 3.75. The minimum absolute atomic E-state index is 0.0817. The van der Waals surface area contributed by atoms with Gasteiger partial charge in [-0.15, -0.1) is 11.3 Å². The highest BCUT2D eigenvalue weighted by Gasteiger charge is 2.08. The second kappa shape index (κ2) is 9.36. The average molecular weight is 454 g/mol. The highest BCUT2D eigenvalue weighted by molar-refractivity contribution is 7.16. The zero-order valence-corrected chi connectivity index (χ0v) is 18.7. The average Bonchev–Trinajstić information content (AvgIpc) is 3.32. The number of nitrogens with zero attached hydrogens (tertiary/aromatic N) is 2. The van der Waals surface area contributed by atoms with Crippen molar-refractivity contribution in [2.24, 2.45) is 5.73 Å². The maximum Gasteiger partial charge on any atom is 0.251 e. The molecule has 6 nitrogen and oxygen atoms in total. The number of carbonyl (C=O) groups is 1. The van der Waals surface area contributed by atoms with Gasteiger partial charge in [-0.25, -0.2) is 4.98 Å². The Bertz CT molecular complexity index is 1430. The zero-order chi connectivity index (χ0) is 22.6. The molecule has 2 aromatic heterocycles. The molecule has 0 bridgehead atoms. The molecule has 0 aliphatic rings. The number of nitrogens with two attached hydrogens (primary N) is 1. The van der Waals surface area contributed by atoms with Crippen molar-refractivity contribution in [1.29, 1.82) is 0 Å². The summed E-state index contributed by atoms with van der Waals surface area (Å²) in [4.78, 5) is 21.2. The topological polar surface area (TPSA) is 92.9 Å². The molecule has 3 aromatic carbocycles. The van der Waals surface area contributed by atoms with Gasteiger partial charge >= 0.3 is 0 Å². The van der Waals surface area contributed by atoms with Crippen LogP contribution >= 0.6 is 11.3 Å². The van der Waals surface area contributed by atoms with Gasteiger partial charge in [0, 0.05) is 35.1 Å². The van der Waals surface area contributed by atoms with Gasteiger partial charge in [0.25, 0.3) is 5.91 Å². The number of amides is 1. The van der Waals surface area contributed by atoms with Crippen LogP contribution in [-0.4, -0.2) is 29.0 Å². The highest BCUT2D eigenvalue weighted by Crippen LogP contribution is 2.30. The molecular formula is C26H23N5OS. The Morgan fingerprint density at radius 3 is 2.61 bits per heavy atom. The quantitative estimate of drug-likeness (QED) is 0.290. The lowest BCUT2D eigenvalue weighted by atomic mass is 10.0. The van der Waals surface area contributed by atoms with E-state index in [4.69, 9.17) is 5.73 Å². The Kier molecular flexibility index (Phi) is 5.97. The second-order valence-corrected chi connectivity index (χ2v) is 8.61. The number of hydrogen-bond acceptors (Lipinski definition) is 6. The van der Waals surface area contributed by atoms with Gasteiger partial charge in [0.1, 0.15) is 0 Å². The van der Waals surface area contributed by atoms with Crippen molar-refractivity contribution in [3.63, 3.8) is 0 Å². The molecule has 164 valence electrons. The predicted octanol–water partition coefficient (Wildman–Crippen LogP) is 5.33. The molecule has 0 atom stereocenters. The van der Waals surface area contributed by atoms with Crippen molar-refractivity contribution >= 4 is 49.7 Å². The second-order valence-electron chi connectivity index (χ2n) is 7.73. The third-order valence-corrected chi connectivity index (χ3v) is 6.31. The van der Waals surface area contributed by atoms with Crippen LogP contribution in [0.4, 0.5) is 11.4 Å². The molecule has 0 aliphatic heterocycles. The summed E-state index contributed by atoms with van der Waals surface area (Å²) in [6.45, 7) is 1.15. The molecule has 33 heavy (non-hydrogen) atoms. The largest absolute Gasteiger partial charge is 0.355 e. The number of carbonyl (C=O) groups excluding carboxylic acids is 1. The van der Waals surface area contributed by atoms with Gasteiger partial charge in [-0.05, 0) is 66.6 Å². The van der Waals surface area contributed by atoms with Crippen LogP contribution in [0.15, 0.2) is 78.4 Å². The SMILES string of the molecule is NCCCNC(=O)c1ccc(-c2ccc3c(Nc4ccc5scnc5c4)ccnc3c2)cc1. The predicted molar refractivity (Wildman–Crippen MR) is 136 cm³/mol. The van der Waals surface area contributed by atoms with Gasteiger partial charge in [0.2, 0.25) is 0 Å². The Morgan fingerprint density at radius 2 is 1.76 bits per heavy atom. The van der Waals surface area contributed by atoms with Crippen LogP contribution in [-0.2, 0) is 0 Å². The van der Waals surface area contributed by atoms with Gasteiger partial charge in [0.05, 0.1) is 21.2 Å². The van der Waals surface area contributed by atoms with E-state index in [2.05, 4.69) is 57.0 Å². The molecule has 0 radical (unpaired) electrons. The van der Waals surface area contributed by atoms with E-state index in [1.54, 1.807) is 11.3 Å². The molecule has 0 aliphatic carbocycles. The molecule has 0 saturated heterocycles. The van der Waals surface area contributed by atoms with Gasteiger partial charge in [-0.2, -0.15) is 0 Å². The fraction of sp³-hybridized carbons (Fsp3) is 0.115. The first-order chi connectivity index (χ1) is 16.2. The molecule has 0 unspecified atom stereocenters.